The Balaban J connectivity index is 2.22. The van der Waals surface area contributed by atoms with Crippen molar-refractivity contribution in [3.05, 3.63) is 62.8 Å². The second-order valence-electron chi connectivity index (χ2n) is 5.94. The van der Waals surface area contributed by atoms with Crippen molar-refractivity contribution in [1.82, 2.24) is 9.97 Å². The van der Waals surface area contributed by atoms with Crippen LogP contribution in [0, 0.1) is 5.82 Å². The summed E-state index contributed by atoms with van der Waals surface area (Å²) in [5, 5.41) is 3.56. The van der Waals surface area contributed by atoms with Gasteiger partial charge in [0.25, 0.3) is 5.56 Å². The van der Waals surface area contributed by atoms with Crippen molar-refractivity contribution in [3.63, 3.8) is 0 Å². The second kappa shape index (κ2) is 7.96. The number of H-pyrrole nitrogens is 1. The molecule has 0 radical (unpaired) electrons. The summed E-state index contributed by atoms with van der Waals surface area (Å²) < 4.78 is 18.6. The summed E-state index contributed by atoms with van der Waals surface area (Å²) in [4.78, 5) is 32.7. The van der Waals surface area contributed by atoms with Gasteiger partial charge in [0, 0.05) is 5.70 Å². The number of fused-ring (bicyclic) bond motifs is 1. The highest BCUT2D eigenvalue weighted by atomic mass is 32.2. The first-order valence-electron chi connectivity index (χ1n) is 8.63. The van der Waals surface area contributed by atoms with Gasteiger partial charge >= 0.3 is 5.97 Å². The Bertz CT molecular complexity index is 954. The highest BCUT2D eigenvalue weighted by molar-refractivity contribution is 7.99. The number of ether oxygens (including phenoxy) is 1. The van der Waals surface area contributed by atoms with Crippen molar-refractivity contribution in [2.24, 2.45) is 0 Å². The largest absolute Gasteiger partial charge is 0.463 e. The molecule has 2 N–H and O–H groups in total. The number of esters is 1. The fourth-order valence-corrected chi connectivity index (χ4v) is 3.70. The molecule has 8 heteroatoms. The number of hydrogen-bond donors (Lipinski definition) is 2. The van der Waals surface area contributed by atoms with Gasteiger partial charge in [0.2, 0.25) is 0 Å². The molecule has 0 saturated heterocycles. The summed E-state index contributed by atoms with van der Waals surface area (Å²) >= 11 is 1.41. The predicted molar refractivity (Wildman–Crippen MR) is 102 cm³/mol. The number of aromatic nitrogens is 2. The van der Waals surface area contributed by atoms with Gasteiger partial charge in [-0.25, -0.2) is 14.2 Å². The molecule has 3 rings (SSSR count). The lowest BCUT2D eigenvalue weighted by molar-refractivity contribution is -0.138. The molecule has 0 fully saturated rings. The van der Waals surface area contributed by atoms with Crippen LogP contribution in [0.2, 0.25) is 0 Å². The minimum atomic E-state index is -0.696. The van der Waals surface area contributed by atoms with E-state index in [1.54, 1.807) is 26.0 Å². The third-order valence-electron chi connectivity index (χ3n) is 4.20. The SMILES string of the molecule is CCOC(=O)C1=C(C)Nc2nc(SCC)[nH]c(=O)c2[C@H]1c1ccc(F)cc1. The molecular weight excluding hydrogens is 369 g/mol. The Hall–Kier alpha value is -2.61. The number of benzene rings is 1. The first-order valence-corrected chi connectivity index (χ1v) is 9.62. The first-order chi connectivity index (χ1) is 13.0. The lowest BCUT2D eigenvalue weighted by Crippen LogP contribution is -2.31. The Kier molecular flexibility index (Phi) is 5.65. The van der Waals surface area contributed by atoms with Gasteiger partial charge in [-0.1, -0.05) is 30.8 Å². The van der Waals surface area contributed by atoms with E-state index in [4.69, 9.17) is 4.74 Å². The average molecular weight is 389 g/mol. The van der Waals surface area contributed by atoms with Gasteiger partial charge in [-0.05, 0) is 37.3 Å². The van der Waals surface area contributed by atoms with Crippen LogP contribution in [0.25, 0.3) is 0 Å². The molecule has 142 valence electrons. The molecule has 2 heterocycles. The monoisotopic (exact) mass is 389 g/mol. The van der Waals surface area contributed by atoms with Gasteiger partial charge in [-0.15, -0.1) is 0 Å². The quantitative estimate of drug-likeness (QED) is 0.463. The molecule has 1 aromatic carbocycles. The van der Waals surface area contributed by atoms with Gasteiger partial charge < -0.3 is 15.0 Å². The van der Waals surface area contributed by atoms with Crippen LogP contribution in [-0.2, 0) is 9.53 Å². The molecule has 0 aliphatic carbocycles. The number of carbonyl (C=O) groups excluding carboxylic acids is 1. The molecule has 6 nitrogen and oxygen atoms in total. The molecule has 1 aromatic heterocycles. The number of carbonyl (C=O) groups is 1. The van der Waals surface area contributed by atoms with Crippen molar-refractivity contribution >= 4 is 23.5 Å². The minimum absolute atomic E-state index is 0.208. The molecule has 27 heavy (non-hydrogen) atoms. The van der Waals surface area contributed by atoms with Crippen molar-refractivity contribution in [3.8, 4) is 0 Å². The fourth-order valence-electron chi connectivity index (χ4n) is 3.10. The van der Waals surface area contributed by atoms with E-state index in [1.807, 2.05) is 6.92 Å². The summed E-state index contributed by atoms with van der Waals surface area (Å²) in [5.41, 5.74) is 1.47. The Morgan fingerprint density at radius 3 is 2.63 bits per heavy atom. The number of halogens is 1. The van der Waals surface area contributed by atoms with Crippen molar-refractivity contribution in [1.29, 1.82) is 0 Å². The highest BCUT2D eigenvalue weighted by Gasteiger charge is 2.36. The lowest BCUT2D eigenvalue weighted by atomic mass is 9.82. The van der Waals surface area contributed by atoms with Crippen molar-refractivity contribution in [2.75, 3.05) is 17.7 Å². The van der Waals surface area contributed by atoms with Gasteiger partial charge in [0.15, 0.2) is 5.16 Å². The zero-order valence-corrected chi connectivity index (χ0v) is 16.1. The van der Waals surface area contributed by atoms with Gasteiger partial charge in [0.05, 0.1) is 23.7 Å². The Labute approximate surface area is 160 Å². The number of allylic oxidation sites excluding steroid dienone is 1. The van der Waals surface area contributed by atoms with Crippen LogP contribution in [0.15, 0.2) is 45.5 Å². The maximum atomic E-state index is 13.4. The standard InChI is InChI=1S/C19H20FN3O3S/c1-4-26-18(25)13-10(3)21-16-15(17(24)23-19(22-16)27-5-2)14(13)11-6-8-12(20)9-7-11/h6-9,14H,4-5H2,1-3H3,(H2,21,22,23,24)/t14-/m0/s1. The van der Waals surface area contributed by atoms with Crippen LogP contribution in [0.5, 0.6) is 0 Å². The third-order valence-corrected chi connectivity index (χ3v) is 4.96. The van der Waals surface area contributed by atoms with Crippen LogP contribution < -0.4 is 10.9 Å². The van der Waals surface area contributed by atoms with Gasteiger partial charge in [-0.2, -0.15) is 0 Å². The maximum Gasteiger partial charge on any atom is 0.336 e. The number of nitrogens with zero attached hydrogens (tertiary/aromatic N) is 1. The molecular formula is C19H20FN3O3S. The van der Waals surface area contributed by atoms with E-state index in [0.29, 0.717) is 33.4 Å². The van der Waals surface area contributed by atoms with Crippen LogP contribution in [0.1, 0.15) is 37.8 Å². The number of anilines is 1. The maximum absolute atomic E-state index is 13.4. The van der Waals surface area contributed by atoms with Gasteiger partial charge in [-0.3, -0.25) is 4.79 Å². The van der Waals surface area contributed by atoms with E-state index in [0.717, 1.165) is 5.75 Å². The summed E-state index contributed by atoms with van der Waals surface area (Å²) in [6, 6.07) is 5.74. The zero-order chi connectivity index (χ0) is 19.6. The molecule has 0 saturated carbocycles. The van der Waals surface area contributed by atoms with Crippen molar-refractivity contribution in [2.45, 2.75) is 31.8 Å². The van der Waals surface area contributed by atoms with Crippen LogP contribution in [0.4, 0.5) is 10.2 Å². The second-order valence-corrected chi connectivity index (χ2v) is 7.19. The molecule has 0 spiro atoms. The van der Waals surface area contributed by atoms with E-state index >= 15 is 0 Å². The molecule has 1 aliphatic heterocycles. The van der Waals surface area contributed by atoms with Crippen LogP contribution in [0.3, 0.4) is 0 Å². The normalized spacial score (nSPS) is 15.9. The van der Waals surface area contributed by atoms with E-state index in [9.17, 15) is 14.0 Å². The summed E-state index contributed by atoms with van der Waals surface area (Å²) in [7, 11) is 0. The van der Waals surface area contributed by atoms with Crippen LogP contribution in [-0.4, -0.2) is 28.3 Å². The highest BCUT2D eigenvalue weighted by Crippen LogP contribution is 2.40. The number of nitrogens with one attached hydrogen (secondary N) is 2. The Morgan fingerprint density at radius 2 is 2.00 bits per heavy atom. The third kappa shape index (κ3) is 3.75. The number of thioether (sulfide) groups is 1. The molecule has 0 bridgehead atoms. The van der Waals surface area contributed by atoms with Gasteiger partial charge in [0.1, 0.15) is 11.6 Å². The molecule has 2 aromatic rings. The van der Waals surface area contributed by atoms with Crippen molar-refractivity contribution < 1.29 is 13.9 Å². The average Bonchev–Trinajstić information content (AvgIpc) is 2.61. The molecule has 1 aliphatic rings. The Morgan fingerprint density at radius 1 is 1.30 bits per heavy atom. The number of hydrogen-bond acceptors (Lipinski definition) is 6. The van der Waals surface area contributed by atoms with E-state index in [1.165, 1.54) is 23.9 Å². The molecule has 0 unspecified atom stereocenters. The first kappa shape index (κ1) is 19.2. The van der Waals surface area contributed by atoms with Crippen LogP contribution >= 0.6 is 11.8 Å². The van der Waals surface area contributed by atoms with E-state index in [-0.39, 0.29) is 12.2 Å². The minimum Gasteiger partial charge on any atom is -0.463 e. The summed E-state index contributed by atoms with van der Waals surface area (Å²) in [6.45, 7) is 5.62. The zero-order valence-electron chi connectivity index (χ0n) is 15.3. The lowest BCUT2D eigenvalue weighted by Gasteiger charge is -2.28. The fraction of sp³-hybridized carbons (Fsp3) is 0.316. The molecule has 1 atom stereocenters. The van der Waals surface area contributed by atoms with E-state index in [2.05, 4.69) is 15.3 Å². The summed E-state index contributed by atoms with van der Waals surface area (Å²) in [6.07, 6.45) is 0. The predicted octanol–water partition coefficient (Wildman–Crippen LogP) is 3.42. The summed E-state index contributed by atoms with van der Waals surface area (Å²) in [5.74, 6) is -0.458. The smallest absolute Gasteiger partial charge is 0.336 e. The number of rotatable bonds is 5. The topological polar surface area (TPSA) is 84.1 Å². The van der Waals surface area contributed by atoms with E-state index < -0.39 is 17.7 Å². The number of aromatic amines is 1. The molecule has 0 amide bonds.